The molecule has 1 fully saturated rings. The molecule has 0 aromatic carbocycles. The van der Waals surface area contributed by atoms with Gasteiger partial charge in [0, 0.05) is 26.7 Å². The first-order valence-electron chi connectivity index (χ1n) is 6.79. The van der Waals surface area contributed by atoms with Crippen LogP contribution in [0.25, 0.3) is 0 Å². The average molecular weight is 272 g/mol. The molecule has 6 nitrogen and oxygen atoms in total. The zero-order valence-electron chi connectivity index (χ0n) is 11.7. The van der Waals surface area contributed by atoms with Crippen molar-refractivity contribution in [2.75, 3.05) is 20.7 Å². The van der Waals surface area contributed by atoms with Crippen molar-refractivity contribution in [2.24, 2.45) is 0 Å². The Bertz CT molecular complexity index is 303. The Balaban J connectivity index is 2.34. The van der Waals surface area contributed by atoms with Crippen LogP contribution < -0.4 is 5.32 Å². The molecular formula is C13H24N2O4. The minimum atomic E-state index is -0.929. The van der Waals surface area contributed by atoms with Gasteiger partial charge in [-0.2, -0.15) is 0 Å². The number of amides is 2. The van der Waals surface area contributed by atoms with Crippen molar-refractivity contribution in [3.05, 3.63) is 0 Å². The molecule has 1 rings (SSSR count). The Morgan fingerprint density at radius 2 is 2.00 bits per heavy atom. The van der Waals surface area contributed by atoms with Gasteiger partial charge in [0.05, 0.1) is 12.5 Å². The molecule has 0 radical (unpaired) electrons. The third kappa shape index (κ3) is 5.46. The fourth-order valence-electron chi connectivity index (χ4n) is 2.39. The van der Waals surface area contributed by atoms with Crippen molar-refractivity contribution in [3.63, 3.8) is 0 Å². The molecule has 2 N–H and O–H groups in total. The molecule has 1 aliphatic carbocycles. The summed E-state index contributed by atoms with van der Waals surface area (Å²) in [5.41, 5.74) is 0. The molecule has 0 aliphatic heterocycles. The van der Waals surface area contributed by atoms with E-state index in [-0.39, 0.29) is 19.0 Å². The van der Waals surface area contributed by atoms with Gasteiger partial charge in [0.2, 0.25) is 0 Å². The minimum Gasteiger partial charge on any atom is -0.481 e. The van der Waals surface area contributed by atoms with E-state index in [0.29, 0.717) is 6.04 Å². The number of carboxylic acids is 1. The van der Waals surface area contributed by atoms with Crippen LogP contribution in [-0.4, -0.2) is 54.9 Å². The molecule has 1 aliphatic rings. The highest BCUT2D eigenvalue weighted by Gasteiger charge is 2.22. The van der Waals surface area contributed by atoms with Crippen LogP contribution in [0.1, 0.15) is 38.5 Å². The Morgan fingerprint density at radius 1 is 1.37 bits per heavy atom. The van der Waals surface area contributed by atoms with Crippen LogP contribution in [0.15, 0.2) is 0 Å². The summed E-state index contributed by atoms with van der Waals surface area (Å²) in [7, 11) is 3.24. The minimum absolute atomic E-state index is 0.107. The van der Waals surface area contributed by atoms with E-state index in [1.54, 1.807) is 11.9 Å². The summed E-state index contributed by atoms with van der Waals surface area (Å²) in [4.78, 5) is 24.3. The maximum atomic E-state index is 12.0. The number of carboxylic acid groups (broad SMARTS) is 1. The quantitative estimate of drug-likeness (QED) is 0.767. The molecule has 0 aromatic rings. The number of methoxy groups -OCH3 is 1. The van der Waals surface area contributed by atoms with Gasteiger partial charge in [-0.25, -0.2) is 4.79 Å². The Labute approximate surface area is 114 Å². The third-order valence-corrected chi connectivity index (χ3v) is 3.66. The van der Waals surface area contributed by atoms with Crippen molar-refractivity contribution in [1.29, 1.82) is 0 Å². The fraction of sp³-hybridized carbons (Fsp3) is 0.846. The Morgan fingerprint density at radius 3 is 2.53 bits per heavy atom. The highest BCUT2D eigenvalue weighted by molar-refractivity contribution is 5.74. The molecule has 1 unspecified atom stereocenters. The third-order valence-electron chi connectivity index (χ3n) is 3.66. The molecule has 0 bridgehead atoms. The van der Waals surface area contributed by atoms with Crippen LogP contribution in [0, 0.1) is 0 Å². The van der Waals surface area contributed by atoms with Gasteiger partial charge < -0.3 is 20.1 Å². The van der Waals surface area contributed by atoms with E-state index in [9.17, 15) is 9.59 Å². The van der Waals surface area contributed by atoms with Crippen LogP contribution in [0.3, 0.4) is 0 Å². The maximum Gasteiger partial charge on any atom is 0.317 e. The fourth-order valence-corrected chi connectivity index (χ4v) is 2.39. The maximum absolute atomic E-state index is 12.0. The lowest BCUT2D eigenvalue weighted by Crippen LogP contribution is -2.46. The zero-order chi connectivity index (χ0) is 14.3. The van der Waals surface area contributed by atoms with Gasteiger partial charge in [0.15, 0.2) is 0 Å². The zero-order valence-corrected chi connectivity index (χ0v) is 11.7. The molecule has 2 amide bonds. The first kappa shape index (κ1) is 15.8. The SMILES string of the molecule is COC(CNC(=O)N(C)C1CCCCC1)CC(=O)O. The monoisotopic (exact) mass is 272 g/mol. The number of rotatable bonds is 6. The number of urea groups is 1. The number of ether oxygens (including phenoxy) is 1. The van der Waals surface area contributed by atoms with Gasteiger partial charge in [-0.05, 0) is 12.8 Å². The van der Waals surface area contributed by atoms with Gasteiger partial charge in [0.1, 0.15) is 0 Å². The van der Waals surface area contributed by atoms with E-state index < -0.39 is 12.1 Å². The molecule has 19 heavy (non-hydrogen) atoms. The Kier molecular flexibility index (Phi) is 6.62. The number of aliphatic carboxylic acids is 1. The summed E-state index contributed by atoms with van der Waals surface area (Å²) in [6, 6.07) is 0.147. The lowest BCUT2D eigenvalue weighted by molar-refractivity contribution is -0.139. The van der Waals surface area contributed by atoms with Gasteiger partial charge in [-0.3, -0.25) is 4.79 Å². The van der Waals surface area contributed by atoms with E-state index in [0.717, 1.165) is 12.8 Å². The van der Waals surface area contributed by atoms with Crippen LogP contribution in [0.2, 0.25) is 0 Å². The molecular weight excluding hydrogens is 248 g/mol. The summed E-state index contributed by atoms with van der Waals surface area (Å²) in [5.74, 6) is -0.929. The molecule has 0 aromatic heterocycles. The molecule has 0 spiro atoms. The van der Waals surface area contributed by atoms with Gasteiger partial charge >= 0.3 is 12.0 Å². The predicted molar refractivity (Wildman–Crippen MR) is 71.1 cm³/mol. The molecule has 0 saturated heterocycles. The number of hydrogen-bond donors (Lipinski definition) is 2. The number of hydrogen-bond acceptors (Lipinski definition) is 3. The van der Waals surface area contributed by atoms with Crippen molar-refractivity contribution >= 4 is 12.0 Å². The molecule has 0 heterocycles. The topological polar surface area (TPSA) is 78.9 Å². The second kappa shape index (κ2) is 7.99. The smallest absolute Gasteiger partial charge is 0.317 e. The second-order valence-electron chi connectivity index (χ2n) is 5.04. The molecule has 1 saturated carbocycles. The van der Waals surface area contributed by atoms with E-state index in [1.807, 2.05) is 0 Å². The molecule has 110 valence electrons. The van der Waals surface area contributed by atoms with E-state index in [1.165, 1.54) is 26.4 Å². The molecule has 1 atom stereocenters. The molecule has 6 heteroatoms. The van der Waals surface area contributed by atoms with E-state index in [4.69, 9.17) is 9.84 Å². The largest absolute Gasteiger partial charge is 0.481 e. The number of nitrogens with zero attached hydrogens (tertiary/aromatic N) is 1. The standard InChI is InChI=1S/C13H24N2O4/c1-15(10-6-4-3-5-7-10)13(18)14-9-11(19-2)8-12(16)17/h10-11H,3-9H2,1-2H3,(H,14,18)(H,16,17). The summed E-state index contributed by atoms with van der Waals surface area (Å²) < 4.78 is 5.02. The van der Waals surface area contributed by atoms with Gasteiger partial charge in [-0.1, -0.05) is 19.3 Å². The highest BCUT2D eigenvalue weighted by Crippen LogP contribution is 2.21. The first-order valence-corrected chi connectivity index (χ1v) is 6.79. The second-order valence-corrected chi connectivity index (χ2v) is 5.04. The number of nitrogens with one attached hydrogen (secondary N) is 1. The van der Waals surface area contributed by atoms with Gasteiger partial charge in [0.25, 0.3) is 0 Å². The Hall–Kier alpha value is -1.30. The summed E-state index contributed by atoms with van der Waals surface area (Å²) >= 11 is 0. The van der Waals surface area contributed by atoms with Crippen molar-refractivity contribution in [3.8, 4) is 0 Å². The average Bonchev–Trinajstić information content (AvgIpc) is 2.42. The predicted octanol–water partition coefficient (Wildman–Crippen LogP) is 1.45. The van der Waals surface area contributed by atoms with Crippen LogP contribution in [0.5, 0.6) is 0 Å². The lowest BCUT2D eigenvalue weighted by atomic mass is 9.95. The first-order chi connectivity index (χ1) is 9.04. The van der Waals surface area contributed by atoms with Crippen LogP contribution in [-0.2, 0) is 9.53 Å². The number of carbonyl (C=O) groups excluding carboxylic acids is 1. The normalized spacial score (nSPS) is 17.8. The van der Waals surface area contributed by atoms with Crippen molar-refractivity contribution < 1.29 is 19.4 Å². The van der Waals surface area contributed by atoms with E-state index in [2.05, 4.69) is 5.32 Å². The van der Waals surface area contributed by atoms with Gasteiger partial charge in [-0.15, -0.1) is 0 Å². The number of carbonyl (C=O) groups is 2. The van der Waals surface area contributed by atoms with E-state index >= 15 is 0 Å². The van der Waals surface area contributed by atoms with Crippen molar-refractivity contribution in [2.45, 2.75) is 50.7 Å². The van der Waals surface area contributed by atoms with Crippen LogP contribution in [0.4, 0.5) is 4.79 Å². The summed E-state index contributed by atoms with van der Waals surface area (Å²) in [5, 5.41) is 11.4. The summed E-state index contributed by atoms with van der Waals surface area (Å²) in [6.45, 7) is 0.221. The summed E-state index contributed by atoms with van der Waals surface area (Å²) in [6.07, 6.45) is 5.09. The van der Waals surface area contributed by atoms with Crippen molar-refractivity contribution in [1.82, 2.24) is 10.2 Å². The lowest BCUT2D eigenvalue weighted by Gasteiger charge is -2.31. The van der Waals surface area contributed by atoms with Crippen LogP contribution >= 0.6 is 0 Å². The highest BCUT2D eigenvalue weighted by atomic mass is 16.5.